The number of carbonyl (C=O) groups is 2. The molecule has 1 atom stereocenters. The minimum absolute atomic E-state index is 0.0661. The van der Waals surface area contributed by atoms with E-state index in [4.69, 9.17) is 18.5 Å². The molecule has 0 aromatic carbocycles. The highest BCUT2D eigenvalue weighted by Crippen LogP contribution is 2.50. The van der Waals surface area contributed by atoms with Gasteiger partial charge in [-0.3, -0.25) is 14.2 Å². The van der Waals surface area contributed by atoms with Crippen LogP contribution in [0.25, 0.3) is 0 Å². The summed E-state index contributed by atoms with van der Waals surface area (Å²) < 4.78 is 32.9. The van der Waals surface area contributed by atoms with Crippen molar-refractivity contribution in [3.63, 3.8) is 0 Å². The molecule has 0 N–H and O–H groups in total. The van der Waals surface area contributed by atoms with Crippen LogP contribution in [0, 0.1) is 5.92 Å². The number of ether oxygens (including phenoxy) is 2. The van der Waals surface area contributed by atoms with Gasteiger partial charge in [0.1, 0.15) is 0 Å². The zero-order valence-corrected chi connectivity index (χ0v) is 16.0. The second-order valence-corrected chi connectivity index (χ2v) is 7.53. The van der Waals surface area contributed by atoms with Crippen LogP contribution in [0.1, 0.15) is 27.7 Å². The smallest absolute Gasteiger partial charge is 0.331 e. The number of carbonyl (C=O) groups excluding carboxylic acids is 2. The van der Waals surface area contributed by atoms with Crippen LogP contribution in [0.15, 0.2) is 0 Å². The predicted molar refractivity (Wildman–Crippen MR) is 89.8 cm³/mol. The summed E-state index contributed by atoms with van der Waals surface area (Å²) in [5, 5.41) is 0. The average Bonchev–Trinajstić information content (AvgIpc) is 2.47. The van der Waals surface area contributed by atoms with Gasteiger partial charge in [0.2, 0.25) is 0 Å². The Hall–Kier alpha value is -0.560. The zero-order chi connectivity index (χ0) is 17.7. The molecule has 0 aliphatic rings. The highest BCUT2D eigenvalue weighted by Gasteiger charge is 2.33. The summed E-state index contributed by atoms with van der Waals surface area (Å²) in [5.74, 6) is -1.08. The molecule has 0 aromatic rings. The predicted octanol–water partition coefficient (Wildman–Crippen LogP) is 2.73. The summed E-state index contributed by atoms with van der Waals surface area (Å²) in [4.78, 5) is 23.4. The molecule has 23 heavy (non-hydrogen) atoms. The Bertz CT molecular complexity index is 393. The van der Waals surface area contributed by atoms with Gasteiger partial charge >= 0.3 is 19.5 Å². The number of rotatable bonds is 13. The van der Waals surface area contributed by atoms with Crippen molar-refractivity contribution in [1.82, 2.24) is 0 Å². The number of hydrogen-bond acceptors (Lipinski definition) is 8. The lowest BCUT2D eigenvalue weighted by Crippen LogP contribution is -2.25. The van der Waals surface area contributed by atoms with Crippen LogP contribution in [-0.2, 0) is 32.7 Å². The van der Waals surface area contributed by atoms with Gasteiger partial charge in [-0.25, -0.2) is 0 Å². The molecule has 0 rings (SSSR count). The Morgan fingerprint density at radius 3 is 2.00 bits per heavy atom. The van der Waals surface area contributed by atoms with E-state index in [0.717, 1.165) is 0 Å². The van der Waals surface area contributed by atoms with Crippen LogP contribution in [0.3, 0.4) is 0 Å². The highest BCUT2D eigenvalue weighted by molar-refractivity contribution is 7.99. The van der Waals surface area contributed by atoms with Gasteiger partial charge in [-0.2, -0.15) is 0 Å². The largest absolute Gasteiger partial charge is 0.466 e. The molecule has 1 unspecified atom stereocenters. The molecule has 0 amide bonds. The summed E-state index contributed by atoms with van der Waals surface area (Å²) in [5.41, 5.74) is 0. The molecule has 9 heteroatoms. The second kappa shape index (κ2) is 12.8. The molecule has 0 saturated carbocycles. The van der Waals surface area contributed by atoms with Gasteiger partial charge in [-0.1, -0.05) is 0 Å². The van der Waals surface area contributed by atoms with E-state index in [-0.39, 0.29) is 43.5 Å². The van der Waals surface area contributed by atoms with Gasteiger partial charge in [0, 0.05) is 5.75 Å². The molecule has 0 aliphatic carbocycles. The molecule has 0 saturated heterocycles. The average molecular weight is 370 g/mol. The number of hydrogen-bond donors (Lipinski definition) is 0. The van der Waals surface area contributed by atoms with Crippen molar-refractivity contribution in [3.8, 4) is 0 Å². The monoisotopic (exact) mass is 370 g/mol. The maximum Gasteiger partial charge on any atom is 0.331 e. The molecule has 0 heterocycles. The van der Waals surface area contributed by atoms with E-state index in [9.17, 15) is 14.2 Å². The molecular weight excluding hydrogens is 343 g/mol. The Morgan fingerprint density at radius 1 is 0.957 bits per heavy atom. The van der Waals surface area contributed by atoms with Gasteiger partial charge in [0.25, 0.3) is 0 Å². The van der Waals surface area contributed by atoms with Crippen LogP contribution >= 0.6 is 19.4 Å². The third-order valence-electron chi connectivity index (χ3n) is 2.56. The minimum Gasteiger partial charge on any atom is -0.466 e. The molecule has 0 spiro atoms. The molecule has 7 nitrogen and oxygen atoms in total. The van der Waals surface area contributed by atoms with Gasteiger partial charge in [0.05, 0.1) is 44.3 Å². The zero-order valence-electron chi connectivity index (χ0n) is 14.2. The lowest BCUT2D eigenvalue weighted by Gasteiger charge is -2.21. The quantitative estimate of drug-likeness (QED) is 0.361. The Balaban J connectivity index is 4.75. The molecular formula is C14H27O7PS. The lowest BCUT2D eigenvalue weighted by molar-refractivity contribution is -0.146. The van der Waals surface area contributed by atoms with E-state index in [1.165, 1.54) is 11.8 Å². The van der Waals surface area contributed by atoms with Crippen molar-refractivity contribution >= 4 is 31.3 Å². The Kier molecular flexibility index (Phi) is 12.5. The Morgan fingerprint density at radius 2 is 1.52 bits per heavy atom. The fraction of sp³-hybridized carbons (Fsp3) is 0.857. The third kappa shape index (κ3) is 10.0. The van der Waals surface area contributed by atoms with E-state index in [1.807, 2.05) is 0 Å². The van der Waals surface area contributed by atoms with Gasteiger partial charge in [0.15, 0.2) is 0 Å². The van der Waals surface area contributed by atoms with Crippen LogP contribution in [0.2, 0.25) is 0 Å². The second-order valence-electron chi connectivity index (χ2n) is 4.40. The topological polar surface area (TPSA) is 88.1 Å². The third-order valence-corrected chi connectivity index (χ3v) is 5.83. The summed E-state index contributed by atoms with van der Waals surface area (Å²) >= 11 is 1.23. The first-order chi connectivity index (χ1) is 10.9. The first kappa shape index (κ1) is 22.4. The number of esters is 2. The normalized spacial score (nSPS) is 12.7. The summed E-state index contributed by atoms with van der Waals surface area (Å²) in [6, 6.07) is 0. The first-order valence-corrected chi connectivity index (χ1v) is 10.6. The lowest BCUT2D eigenvalue weighted by atomic mass is 10.2. The molecule has 0 bridgehead atoms. The van der Waals surface area contributed by atoms with Crippen molar-refractivity contribution in [1.29, 1.82) is 0 Å². The van der Waals surface area contributed by atoms with Crippen LogP contribution in [-0.4, -0.2) is 56.0 Å². The van der Waals surface area contributed by atoms with E-state index in [0.29, 0.717) is 6.61 Å². The van der Waals surface area contributed by atoms with Crippen molar-refractivity contribution in [2.24, 2.45) is 5.92 Å². The van der Waals surface area contributed by atoms with Gasteiger partial charge in [-0.05, 0) is 27.7 Å². The molecule has 136 valence electrons. The van der Waals surface area contributed by atoms with E-state index in [2.05, 4.69) is 0 Å². The Labute approximate surface area is 142 Å². The van der Waals surface area contributed by atoms with Gasteiger partial charge in [-0.15, -0.1) is 11.8 Å². The maximum atomic E-state index is 12.6. The molecule has 0 aromatic heterocycles. The number of thioether (sulfide) groups is 1. The van der Waals surface area contributed by atoms with Crippen molar-refractivity contribution in [2.45, 2.75) is 27.7 Å². The van der Waals surface area contributed by atoms with Crippen molar-refractivity contribution in [2.75, 3.05) is 44.1 Å². The minimum atomic E-state index is -3.36. The first-order valence-electron chi connectivity index (χ1n) is 7.70. The SMILES string of the molecule is CCOC(=O)CSCC(CP(=O)(OCC)OCC)C(=O)OCC. The molecule has 0 fully saturated rings. The van der Waals surface area contributed by atoms with E-state index in [1.54, 1.807) is 27.7 Å². The summed E-state index contributed by atoms with van der Waals surface area (Å²) in [7, 11) is -3.36. The van der Waals surface area contributed by atoms with Crippen LogP contribution < -0.4 is 0 Å². The maximum absolute atomic E-state index is 12.6. The fourth-order valence-corrected chi connectivity index (χ4v) is 4.72. The van der Waals surface area contributed by atoms with Crippen molar-refractivity contribution in [3.05, 3.63) is 0 Å². The standard InChI is InChI=1S/C14H27O7PS/c1-5-18-13(15)11-23-10-12(14(16)19-6-2)9-22(17,20-7-3)21-8-4/h12H,5-11H2,1-4H3. The van der Waals surface area contributed by atoms with Crippen molar-refractivity contribution < 1.29 is 32.7 Å². The van der Waals surface area contributed by atoms with E-state index >= 15 is 0 Å². The van der Waals surface area contributed by atoms with Crippen LogP contribution in [0.4, 0.5) is 0 Å². The summed E-state index contributed by atoms with van der Waals surface area (Å²) in [6.45, 7) is 7.83. The van der Waals surface area contributed by atoms with E-state index < -0.39 is 19.5 Å². The van der Waals surface area contributed by atoms with Gasteiger partial charge < -0.3 is 18.5 Å². The molecule has 0 aliphatic heterocycles. The van der Waals surface area contributed by atoms with Crippen LogP contribution in [0.5, 0.6) is 0 Å². The summed E-state index contributed by atoms with van der Waals surface area (Å²) in [6.07, 6.45) is -0.0661. The molecule has 0 radical (unpaired) electrons. The fourth-order valence-electron chi connectivity index (χ4n) is 1.75. The highest BCUT2D eigenvalue weighted by atomic mass is 32.2.